The number of hydrogen-bond donors (Lipinski definition) is 1. The van der Waals surface area contributed by atoms with Crippen LogP contribution >= 0.6 is 12.2 Å². The third kappa shape index (κ3) is 3.65. The molecule has 4 aromatic rings. The van der Waals surface area contributed by atoms with E-state index in [9.17, 15) is 0 Å². The van der Waals surface area contributed by atoms with Crippen molar-refractivity contribution in [3.8, 4) is 0 Å². The number of aryl methyl sites for hydroxylation is 1. The molecule has 4 aromatic heterocycles. The predicted octanol–water partition coefficient (Wildman–Crippen LogP) is 4.91. The van der Waals surface area contributed by atoms with Crippen molar-refractivity contribution in [2.24, 2.45) is 0 Å². The van der Waals surface area contributed by atoms with Gasteiger partial charge in [-0.05, 0) is 74.1 Å². The lowest BCUT2D eigenvalue weighted by Crippen LogP contribution is -2.29. The Bertz CT molecular complexity index is 1170. The Morgan fingerprint density at radius 2 is 1.74 bits per heavy atom. The number of hydrogen-bond acceptors (Lipinski definition) is 4. The number of nitrogens with zero attached hydrogens (tertiary/aromatic N) is 3. The summed E-state index contributed by atoms with van der Waals surface area (Å²) in [6.07, 6.45) is 5.24. The van der Waals surface area contributed by atoms with Gasteiger partial charge in [-0.15, -0.1) is 0 Å². The van der Waals surface area contributed by atoms with E-state index in [0.29, 0.717) is 18.2 Å². The summed E-state index contributed by atoms with van der Waals surface area (Å²) in [6, 6.07) is 16.0. The van der Waals surface area contributed by atoms with Gasteiger partial charge >= 0.3 is 0 Å². The Morgan fingerprint density at radius 1 is 1.00 bits per heavy atom. The van der Waals surface area contributed by atoms with E-state index in [0.717, 1.165) is 17.2 Å². The van der Waals surface area contributed by atoms with Crippen LogP contribution in [-0.4, -0.2) is 19.6 Å². The summed E-state index contributed by atoms with van der Waals surface area (Å²) in [4.78, 5) is 6.83. The van der Waals surface area contributed by atoms with Crippen LogP contribution in [0.4, 0.5) is 0 Å². The van der Waals surface area contributed by atoms with Gasteiger partial charge in [0.1, 0.15) is 11.5 Å². The van der Waals surface area contributed by atoms with Crippen molar-refractivity contribution in [2.45, 2.75) is 39.0 Å². The van der Waals surface area contributed by atoms with Crippen molar-refractivity contribution in [1.82, 2.24) is 19.8 Å². The lowest BCUT2D eigenvalue weighted by atomic mass is 9.96. The first-order chi connectivity index (χ1) is 15.1. The normalized spacial score (nSPS) is 18.5. The van der Waals surface area contributed by atoms with E-state index in [1.54, 1.807) is 12.5 Å². The Hall–Kier alpha value is -3.32. The molecular weight excluding hydrogens is 408 g/mol. The van der Waals surface area contributed by atoms with Gasteiger partial charge in [-0.2, -0.15) is 0 Å². The number of nitrogens with one attached hydrogen (secondary N) is 1. The first kappa shape index (κ1) is 19.6. The molecule has 1 N–H and O–H groups in total. The highest BCUT2D eigenvalue weighted by molar-refractivity contribution is 7.80. The van der Waals surface area contributed by atoms with Crippen molar-refractivity contribution in [1.29, 1.82) is 0 Å². The van der Waals surface area contributed by atoms with Gasteiger partial charge in [-0.3, -0.25) is 4.98 Å². The molecule has 0 radical (unpaired) electrons. The fourth-order valence-corrected chi connectivity index (χ4v) is 4.72. The second kappa shape index (κ2) is 8.07. The minimum absolute atomic E-state index is 0.0101. The van der Waals surface area contributed by atoms with E-state index >= 15 is 0 Å². The fraction of sp³-hybridized carbons (Fsp3) is 0.250. The molecule has 5 heterocycles. The zero-order valence-corrected chi connectivity index (χ0v) is 18.3. The van der Waals surface area contributed by atoms with Gasteiger partial charge in [0, 0.05) is 17.6 Å². The molecule has 5 rings (SSSR count). The highest BCUT2D eigenvalue weighted by atomic mass is 32.1. The smallest absolute Gasteiger partial charge is 0.170 e. The lowest BCUT2D eigenvalue weighted by molar-refractivity contribution is 0.286. The summed E-state index contributed by atoms with van der Waals surface area (Å²) in [5, 5.41) is 4.21. The maximum Gasteiger partial charge on any atom is 0.170 e. The molecule has 1 aliphatic rings. The van der Waals surface area contributed by atoms with Crippen molar-refractivity contribution in [3.05, 3.63) is 101 Å². The number of furan rings is 2. The van der Waals surface area contributed by atoms with Crippen LogP contribution in [0.2, 0.25) is 0 Å². The van der Waals surface area contributed by atoms with Crippen molar-refractivity contribution in [3.63, 3.8) is 0 Å². The van der Waals surface area contributed by atoms with Gasteiger partial charge in [0.25, 0.3) is 0 Å². The Labute approximate surface area is 186 Å². The first-order valence-corrected chi connectivity index (χ1v) is 10.7. The zero-order valence-electron chi connectivity index (χ0n) is 17.5. The summed E-state index contributed by atoms with van der Waals surface area (Å²) in [5.74, 6) is 1.81. The minimum atomic E-state index is -0.0544. The molecule has 7 heteroatoms. The highest BCUT2D eigenvalue weighted by Crippen LogP contribution is 2.41. The maximum absolute atomic E-state index is 5.77. The molecule has 31 heavy (non-hydrogen) atoms. The Balaban J connectivity index is 1.57. The molecule has 1 fully saturated rings. The molecule has 0 unspecified atom stereocenters. The molecule has 0 aromatic carbocycles. The maximum atomic E-state index is 5.77. The molecule has 1 saturated heterocycles. The number of rotatable bonds is 6. The summed E-state index contributed by atoms with van der Waals surface area (Å²) < 4.78 is 13.5. The van der Waals surface area contributed by atoms with Crippen LogP contribution in [0.5, 0.6) is 0 Å². The molecule has 2 atom stereocenters. The van der Waals surface area contributed by atoms with Crippen LogP contribution in [0.25, 0.3) is 0 Å². The average molecular weight is 433 g/mol. The molecule has 0 aliphatic carbocycles. The van der Waals surface area contributed by atoms with E-state index in [1.807, 2.05) is 48.7 Å². The second-order valence-electron chi connectivity index (χ2n) is 7.83. The van der Waals surface area contributed by atoms with Crippen molar-refractivity contribution in [2.75, 3.05) is 0 Å². The van der Waals surface area contributed by atoms with Crippen LogP contribution in [-0.2, 0) is 13.1 Å². The summed E-state index contributed by atoms with van der Waals surface area (Å²) >= 11 is 5.77. The topological polar surface area (TPSA) is 59.4 Å². The van der Waals surface area contributed by atoms with Gasteiger partial charge < -0.3 is 23.6 Å². The SMILES string of the molecule is Cc1cc([C@H]2[C@@H](c3ccccn3)NC(=S)N2Cc2ccco2)c(C)n1Cc1ccco1. The largest absolute Gasteiger partial charge is 0.467 e. The monoisotopic (exact) mass is 432 g/mol. The average Bonchev–Trinajstić information content (AvgIpc) is 3.57. The number of pyridine rings is 1. The molecule has 1 aliphatic heterocycles. The van der Waals surface area contributed by atoms with Crippen molar-refractivity contribution >= 4 is 17.3 Å². The molecule has 0 amide bonds. The van der Waals surface area contributed by atoms with Crippen LogP contribution in [0.1, 0.15) is 46.2 Å². The van der Waals surface area contributed by atoms with E-state index in [4.69, 9.17) is 21.1 Å². The molecule has 158 valence electrons. The van der Waals surface area contributed by atoms with E-state index in [-0.39, 0.29) is 12.1 Å². The first-order valence-electron chi connectivity index (χ1n) is 10.3. The van der Waals surface area contributed by atoms with Crippen LogP contribution in [0.15, 0.2) is 76.1 Å². The summed E-state index contributed by atoms with van der Waals surface area (Å²) in [5.41, 5.74) is 4.56. The van der Waals surface area contributed by atoms with Gasteiger partial charge in [0.15, 0.2) is 5.11 Å². The molecule has 6 nitrogen and oxygen atoms in total. The standard InChI is InChI=1S/C24H24N4O2S/c1-16-13-20(17(2)27(16)14-18-7-5-11-29-18)23-22(21-9-3-4-10-25-21)26-24(31)28(23)15-19-8-6-12-30-19/h3-13,22-23H,14-15H2,1-2H3,(H,26,31)/t22-,23+/m1/s1. The quantitative estimate of drug-likeness (QED) is 0.437. The van der Waals surface area contributed by atoms with E-state index in [2.05, 4.69) is 39.7 Å². The summed E-state index contributed by atoms with van der Waals surface area (Å²) in [6.45, 7) is 5.58. The Kier molecular flexibility index (Phi) is 5.11. The highest BCUT2D eigenvalue weighted by Gasteiger charge is 2.41. The van der Waals surface area contributed by atoms with Crippen LogP contribution in [0.3, 0.4) is 0 Å². The lowest BCUT2D eigenvalue weighted by Gasteiger charge is -2.27. The fourth-order valence-electron chi connectivity index (χ4n) is 4.41. The molecule has 0 spiro atoms. The van der Waals surface area contributed by atoms with Gasteiger partial charge in [-0.25, -0.2) is 0 Å². The molecule has 0 bridgehead atoms. The van der Waals surface area contributed by atoms with E-state index in [1.165, 1.54) is 17.0 Å². The van der Waals surface area contributed by atoms with Crippen LogP contribution in [0, 0.1) is 13.8 Å². The second-order valence-corrected chi connectivity index (χ2v) is 8.21. The number of thiocarbonyl (C=S) groups is 1. The minimum Gasteiger partial charge on any atom is -0.467 e. The molecular formula is C24H24N4O2S. The van der Waals surface area contributed by atoms with E-state index < -0.39 is 0 Å². The number of aromatic nitrogens is 2. The van der Waals surface area contributed by atoms with Crippen molar-refractivity contribution < 1.29 is 8.83 Å². The molecule has 0 saturated carbocycles. The third-order valence-electron chi connectivity index (χ3n) is 5.93. The summed E-state index contributed by atoms with van der Waals surface area (Å²) in [7, 11) is 0. The predicted molar refractivity (Wildman–Crippen MR) is 121 cm³/mol. The van der Waals surface area contributed by atoms with Gasteiger partial charge in [0.05, 0.1) is 43.4 Å². The van der Waals surface area contributed by atoms with Gasteiger partial charge in [0.2, 0.25) is 0 Å². The third-order valence-corrected chi connectivity index (χ3v) is 6.28. The Morgan fingerprint density at radius 3 is 2.39 bits per heavy atom. The zero-order chi connectivity index (χ0) is 21.4. The van der Waals surface area contributed by atoms with Gasteiger partial charge in [-0.1, -0.05) is 6.07 Å². The van der Waals surface area contributed by atoms with Crippen LogP contribution < -0.4 is 5.32 Å².